The van der Waals surface area contributed by atoms with E-state index in [1.807, 2.05) is 0 Å². The first kappa shape index (κ1) is 17.5. The minimum absolute atomic E-state index is 0.277. The fraction of sp³-hybridized carbons (Fsp3) is 0.300. The Kier molecular flexibility index (Phi) is 4.96. The average molecular weight is 431 g/mol. The highest BCUT2D eigenvalue weighted by atomic mass is 79.9. The van der Waals surface area contributed by atoms with Crippen LogP contribution in [0.15, 0.2) is 47.1 Å². The number of piperidine rings is 1. The number of carbonyl (C=O) groups is 1. The summed E-state index contributed by atoms with van der Waals surface area (Å²) in [6, 6.07) is 14.7. The van der Waals surface area contributed by atoms with Gasteiger partial charge in [-0.3, -0.25) is 4.79 Å². The average Bonchev–Trinajstić information content (AvgIpc) is 3.03. The number of halogens is 1. The molecule has 0 atom stereocenters. The number of hydrogen-bond acceptors (Lipinski definition) is 4. The molecule has 0 spiro atoms. The van der Waals surface area contributed by atoms with Crippen molar-refractivity contribution in [2.75, 3.05) is 18.0 Å². The third-order valence-electron chi connectivity index (χ3n) is 4.95. The van der Waals surface area contributed by atoms with E-state index in [0.717, 1.165) is 46.1 Å². The number of rotatable bonds is 4. The Labute approximate surface area is 164 Å². The summed E-state index contributed by atoms with van der Waals surface area (Å²) in [4.78, 5) is 18.0. The monoisotopic (exact) mass is 430 g/mol. The molecule has 0 amide bonds. The normalized spacial score (nSPS) is 15.5. The van der Waals surface area contributed by atoms with Gasteiger partial charge in [0, 0.05) is 25.1 Å². The number of nitrogens with zero attached hydrogens (tertiary/aromatic N) is 2. The van der Waals surface area contributed by atoms with Gasteiger partial charge in [0.2, 0.25) is 0 Å². The van der Waals surface area contributed by atoms with Crippen molar-refractivity contribution in [1.82, 2.24) is 4.98 Å². The molecule has 1 fully saturated rings. The lowest BCUT2D eigenvalue weighted by molar-refractivity contribution is -0.138. The molecule has 1 N–H and O–H groups in total. The topological polar surface area (TPSA) is 53.4 Å². The van der Waals surface area contributed by atoms with Crippen LogP contribution in [0.4, 0.5) is 5.00 Å². The molecule has 6 heteroatoms. The van der Waals surface area contributed by atoms with Crippen molar-refractivity contribution in [3.05, 3.63) is 47.1 Å². The second-order valence-electron chi connectivity index (χ2n) is 6.67. The zero-order valence-corrected chi connectivity index (χ0v) is 16.6. The fourth-order valence-corrected chi connectivity index (χ4v) is 5.44. The summed E-state index contributed by atoms with van der Waals surface area (Å²) >= 11 is 5.33. The van der Waals surface area contributed by atoms with Crippen LogP contribution in [0.3, 0.4) is 0 Å². The summed E-state index contributed by atoms with van der Waals surface area (Å²) in [5.41, 5.74) is 1.15. The van der Waals surface area contributed by atoms with Gasteiger partial charge in [0.1, 0.15) is 14.6 Å². The van der Waals surface area contributed by atoms with Crippen molar-refractivity contribution < 1.29 is 9.90 Å². The molecule has 1 aromatic heterocycles. The van der Waals surface area contributed by atoms with Gasteiger partial charge >= 0.3 is 5.97 Å². The summed E-state index contributed by atoms with van der Waals surface area (Å²) in [6.07, 6.45) is 2.11. The molecule has 0 saturated carbocycles. The maximum absolute atomic E-state index is 10.9. The molecule has 1 saturated heterocycles. The van der Waals surface area contributed by atoms with Crippen LogP contribution in [0.1, 0.15) is 19.3 Å². The molecule has 134 valence electrons. The molecule has 4 nitrogen and oxygen atoms in total. The second-order valence-corrected chi connectivity index (χ2v) is 8.40. The number of aliphatic carboxylic acids is 1. The van der Waals surface area contributed by atoms with Crippen LogP contribution >= 0.6 is 27.3 Å². The minimum atomic E-state index is -0.694. The molecule has 4 rings (SSSR count). The number of hydrogen-bond donors (Lipinski definition) is 1. The summed E-state index contributed by atoms with van der Waals surface area (Å²) in [7, 11) is 0. The van der Waals surface area contributed by atoms with Crippen LogP contribution in [-0.4, -0.2) is 29.1 Å². The van der Waals surface area contributed by atoms with E-state index in [0.29, 0.717) is 0 Å². The van der Waals surface area contributed by atoms with E-state index in [2.05, 4.69) is 63.3 Å². The van der Waals surface area contributed by atoms with Gasteiger partial charge in [-0.25, -0.2) is 4.98 Å². The van der Waals surface area contributed by atoms with Crippen molar-refractivity contribution in [3.63, 3.8) is 0 Å². The van der Waals surface area contributed by atoms with Crippen LogP contribution in [0.2, 0.25) is 0 Å². The molecule has 2 heterocycles. The molecular weight excluding hydrogens is 412 g/mol. The minimum Gasteiger partial charge on any atom is -0.481 e. The van der Waals surface area contributed by atoms with Crippen molar-refractivity contribution in [1.29, 1.82) is 0 Å². The van der Waals surface area contributed by atoms with E-state index < -0.39 is 5.97 Å². The quantitative estimate of drug-likeness (QED) is 0.600. The highest BCUT2D eigenvalue weighted by molar-refractivity contribution is 9.10. The molecule has 2 aromatic carbocycles. The summed E-state index contributed by atoms with van der Waals surface area (Å²) in [6.45, 7) is 1.77. The van der Waals surface area contributed by atoms with E-state index in [1.54, 1.807) is 11.3 Å². The molecule has 3 aromatic rings. The molecule has 26 heavy (non-hydrogen) atoms. The third-order valence-corrected chi connectivity index (χ3v) is 6.92. The first-order chi connectivity index (χ1) is 12.6. The van der Waals surface area contributed by atoms with Gasteiger partial charge in [-0.1, -0.05) is 53.8 Å². The fourth-order valence-electron chi connectivity index (χ4n) is 3.60. The van der Waals surface area contributed by atoms with Crippen LogP contribution in [0, 0.1) is 5.92 Å². The van der Waals surface area contributed by atoms with Crippen LogP contribution < -0.4 is 4.90 Å². The first-order valence-corrected chi connectivity index (χ1v) is 10.3. The number of aromatic nitrogens is 1. The van der Waals surface area contributed by atoms with Crippen molar-refractivity contribution in [2.45, 2.75) is 19.3 Å². The lowest BCUT2D eigenvalue weighted by Gasteiger charge is -2.31. The van der Waals surface area contributed by atoms with Crippen molar-refractivity contribution in [3.8, 4) is 10.6 Å². The highest BCUT2D eigenvalue weighted by Crippen LogP contribution is 2.41. The lowest BCUT2D eigenvalue weighted by atomic mass is 9.94. The Bertz CT molecular complexity index is 943. The molecule has 1 aliphatic rings. The van der Waals surface area contributed by atoms with Gasteiger partial charge in [0.25, 0.3) is 0 Å². The van der Waals surface area contributed by atoms with Gasteiger partial charge in [-0.2, -0.15) is 0 Å². The zero-order chi connectivity index (χ0) is 18.1. The Morgan fingerprint density at radius 1 is 1.19 bits per heavy atom. The van der Waals surface area contributed by atoms with Crippen LogP contribution in [0.5, 0.6) is 0 Å². The molecule has 1 aliphatic heterocycles. The van der Waals surface area contributed by atoms with Gasteiger partial charge in [0.05, 0.1) is 0 Å². The Morgan fingerprint density at radius 2 is 1.92 bits per heavy atom. The molecular formula is C20H19BrN2O2S. The van der Waals surface area contributed by atoms with Crippen LogP contribution in [-0.2, 0) is 4.79 Å². The lowest BCUT2D eigenvalue weighted by Crippen LogP contribution is -2.34. The Balaban J connectivity index is 1.59. The van der Waals surface area contributed by atoms with E-state index in [9.17, 15) is 4.79 Å². The van der Waals surface area contributed by atoms with Crippen molar-refractivity contribution in [2.24, 2.45) is 5.92 Å². The Morgan fingerprint density at radius 3 is 2.69 bits per heavy atom. The molecule has 0 aliphatic carbocycles. The zero-order valence-electron chi connectivity index (χ0n) is 14.2. The molecule has 0 unspecified atom stereocenters. The third kappa shape index (κ3) is 3.48. The van der Waals surface area contributed by atoms with Gasteiger partial charge in [0.15, 0.2) is 0 Å². The van der Waals surface area contributed by atoms with E-state index in [1.165, 1.54) is 10.8 Å². The van der Waals surface area contributed by atoms with Gasteiger partial charge < -0.3 is 10.0 Å². The standard InChI is InChI=1S/C20H19BrN2O2S/c21-18-20(23-10-8-13(9-11-23)12-17(24)25)26-19(22-18)16-7-3-5-14-4-1-2-6-15(14)16/h1-7,13H,8-12H2,(H,24,25). The number of fused-ring (bicyclic) bond motifs is 1. The summed E-state index contributed by atoms with van der Waals surface area (Å²) < 4.78 is 0.877. The smallest absolute Gasteiger partial charge is 0.303 e. The van der Waals surface area contributed by atoms with Crippen LogP contribution in [0.25, 0.3) is 21.3 Å². The van der Waals surface area contributed by atoms with Gasteiger partial charge in [-0.15, -0.1) is 0 Å². The number of carboxylic acid groups (broad SMARTS) is 1. The summed E-state index contributed by atoms with van der Waals surface area (Å²) in [5, 5.41) is 13.6. The number of anilines is 1. The second kappa shape index (κ2) is 7.37. The largest absolute Gasteiger partial charge is 0.481 e. The highest BCUT2D eigenvalue weighted by Gasteiger charge is 2.25. The van der Waals surface area contributed by atoms with E-state index in [4.69, 9.17) is 10.1 Å². The van der Waals surface area contributed by atoms with E-state index >= 15 is 0 Å². The maximum Gasteiger partial charge on any atom is 0.303 e. The molecule has 0 radical (unpaired) electrons. The first-order valence-electron chi connectivity index (χ1n) is 8.73. The number of thiazole rings is 1. The predicted molar refractivity (Wildman–Crippen MR) is 110 cm³/mol. The molecule has 0 bridgehead atoms. The maximum atomic E-state index is 10.9. The van der Waals surface area contributed by atoms with E-state index in [-0.39, 0.29) is 12.3 Å². The van der Waals surface area contributed by atoms with Crippen molar-refractivity contribution >= 4 is 49.0 Å². The SMILES string of the molecule is O=C(O)CC1CCN(c2sc(-c3cccc4ccccc34)nc2Br)CC1. The summed E-state index contributed by atoms with van der Waals surface area (Å²) in [5.74, 6) is -0.409. The number of carboxylic acids is 1. The van der Waals surface area contributed by atoms with Gasteiger partial charge in [-0.05, 0) is 45.5 Å². The predicted octanol–water partition coefficient (Wildman–Crippen LogP) is 5.42. The number of benzene rings is 2. The Hall–Kier alpha value is -1.92.